The van der Waals surface area contributed by atoms with Gasteiger partial charge in [-0.15, -0.1) is 23.4 Å². The van der Waals surface area contributed by atoms with Gasteiger partial charge in [-0.2, -0.15) is 0 Å². The van der Waals surface area contributed by atoms with Gasteiger partial charge in [-0.1, -0.05) is 6.92 Å². The Kier molecular flexibility index (Phi) is 5.11. The molecule has 4 heteroatoms. The van der Waals surface area contributed by atoms with Crippen LogP contribution >= 0.6 is 23.4 Å². The highest BCUT2D eigenvalue weighted by Crippen LogP contribution is 2.24. The average molecular weight is 294 g/mol. The van der Waals surface area contributed by atoms with Crippen LogP contribution in [0.3, 0.4) is 0 Å². The highest BCUT2D eigenvalue weighted by molar-refractivity contribution is 7.98. The molecule has 0 fully saturated rings. The van der Waals surface area contributed by atoms with Crippen LogP contribution in [0.2, 0.25) is 0 Å². The summed E-state index contributed by atoms with van der Waals surface area (Å²) in [5.41, 5.74) is 2.03. The molecule has 0 aliphatic heterocycles. The lowest BCUT2D eigenvalue weighted by molar-refractivity contribution is 0.460. The van der Waals surface area contributed by atoms with Crippen molar-refractivity contribution in [1.29, 1.82) is 0 Å². The molecule has 0 aliphatic rings. The van der Waals surface area contributed by atoms with E-state index < -0.39 is 0 Å². The van der Waals surface area contributed by atoms with E-state index in [-0.39, 0.29) is 0 Å². The lowest BCUT2D eigenvalue weighted by atomic mass is 10.2. The number of thioether (sulfide) groups is 1. The van der Waals surface area contributed by atoms with Crippen molar-refractivity contribution in [3.8, 4) is 11.6 Å². The van der Waals surface area contributed by atoms with Crippen molar-refractivity contribution in [2.24, 2.45) is 0 Å². The normalized spacial score (nSPS) is 10.5. The summed E-state index contributed by atoms with van der Waals surface area (Å²) >= 11 is 7.59. The molecule has 1 aromatic carbocycles. The fourth-order valence-electron chi connectivity index (χ4n) is 1.70. The van der Waals surface area contributed by atoms with E-state index in [1.54, 1.807) is 11.8 Å². The molecule has 0 amide bonds. The summed E-state index contributed by atoms with van der Waals surface area (Å²) in [6, 6.07) is 11.9. The zero-order valence-corrected chi connectivity index (χ0v) is 12.6. The lowest BCUT2D eigenvalue weighted by Crippen LogP contribution is -1.95. The molecule has 0 bridgehead atoms. The average Bonchev–Trinajstić information content (AvgIpc) is 2.47. The fourth-order valence-corrected chi connectivity index (χ4v) is 2.26. The molecule has 100 valence electrons. The second-order valence-electron chi connectivity index (χ2n) is 4.07. The van der Waals surface area contributed by atoms with E-state index in [2.05, 4.69) is 18.2 Å². The standard InChI is InChI=1S/C15H16ClNOS/c1-3-12-8-11(10-16)9-15(17-12)18-13-4-6-14(19-2)7-5-13/h4-9H,3,10H2,1-2H3. The number of aryl methyl sites for hydroxylation is 1. The minimum absolute atomic E-state index is 0.470. The molecule has 0 aliphatic carbocycles. The number of pyridine rings is 1. The van der Waals surface area contributed by atoms with Crippen molar-refractivity contribution >= 4 is 23.4 Å². The first-order valence-electron chi connectivity index (χ1n) is 6.13. The Morgan fingerprint density at radius 2 is 1.95 bits per heavy atom. The van der Waals surface area contributed by atoms with Gasteiger partial charge in [-0.05, 0) is 48.6 Å². The summed E-state index contributed by atoms with van der Waals surface area (Å²) in [5.74, 6) is 1.86. The van der Waals surface area contributed by atoms with Crippen molar-refractivity contribution in [1.82, 2.24) is 4.98 Å². The summed E-state index contributed by atoms with van der Waals surface area (Å²) in [6.07, 6.45) is 2.92. The number of halogens is 1. The molecule has 0 saturated heterocycles. The number of hydrogen-bond donors (Lipinski definition) is 0. The Labute approximate surface area is 123 Å². The highest BCUT2D eigenvalue weighted by Gasteiger charge is 2.04. The first-order chi connectivity index (χ1) is 9.25. The third-order valence-corrected chi connectivity index (χ3v) is 3.77. The lowest BCUT2D eigenvalue weighted by Gasteiger charge is -2.08. The number of nitrogens with zero attached hydrogens (tertiary/aromatic N) is 1. The minimum atomic E-state index is 0.470. The number of hydrogen-bond acceptors (Lipinski definition) is 3. The molecule has 1 aromatic heterocycles. The molecular formula is C15H16ClNOS. The number of ether oxygens (including phenoxy) is 1. The van der Waals surface area contributed by atoms with Crippen LogP contribution in [0.25, 0.3) is 0 Å². The number of benzene rings is 1. The van der Waals surface area contributed by atoms with E-state index in [4.69, 9.17) is 16.3 Å². The van der Waals surface area contributed by atoms with Crippen molar-refractivity contribution in [2.75, 3.05) is 6.26 Å². The van der Waals surface area contributed by atoms with Crippen LogP contribution in [0.5, 0.6) is 11.6 Å². The molecule has 2 nitrogen and oxygen atoms in total. The van der Waals surface area contributed by atoms with Crippen LogP contribution in [-0.4, -0.2) is 11.2 Å². The SMILES string of the molecule is CCc1cc(CCl)cc(Oc2ccc(SC)cc2)n1. The maximum atomic E-state index is 5.88. The van der Waals surface area contributed by atoms with Gasteiger partial charge in [0, 0.05) is 22.5 Å². The van der Waals surface area contributed by atoms with Crippen LogP contribution in [0.4, 0.5) is 0 Å². The Balaban J connectivity index is 2.21. The molecule has 0 saturated carbocycles. The topological polar surface area (TPSA) is 22.1 Å². The van der Waals surface area contributed by atoms with Crippen molar-refractivity contribution in [3.05, 3.63) is 47.7 Å². The predicted octanol–water partition coefficient (Wildman–Crippen LogP) is 4.90. The summed E-state index contributed by atoms with van der Waals surface area (Å²) in [6.45, 7) is 2.07. The van der Waals surface area contributed by atoms with Gasteiger partial charge < -0.3 is 4.74 Å². The Morgan fingerprint density at radius 3 is 2.53 bits per heavy atom. The number of rotatable bonds is 5. The van der Waals surface area contributed by atoms with E-state index >= 15 is 0 Å². The van der Waals surface area contributed by atoms with Gasteiger partial charge in [0.2, 0.25) is 5.88 Å². The molecular weight excluding hydrogens is 278 g/mol. The number of aromatic nitrogens is 1. The van der Waals surface area contributed by atoms with Gasteiger partial charge in [-0.25, -0.2) is 4.98 Å². The maximum Gasteiger partial charge on any atom is 0.219 e. The van der Waals surface area contributed by atoms with E-state index in [1.807, 2.05) is 36.4 Å². The molecule has 19 heavy (non-hydrogen) atoms. The van der Waals surface area contributed by atoms with Gasteiger partial charge in [0.15, 0.2) is 0 Å². The maximum absolute atomic E-state index is 5.88. The van der Waals surface area contributed by atoms with E-state index in [1.165, 1.54) is 4.90 Å². The predicted molar refractivity (Wildman–Crippen MR) is 81.5 cm³/mol. The van der Waals surface area contributed by atoms with Gasteiger partial charge in [0.1, 0.15) is 5.75 Å². The van der Waals surface area contributed by atoms with Gasteiger partial charge in [0.25, 0.3) is 0 Å². The monoisotopic (exact) mass is 293 g/mol. The van der Waals surface area contributed by atoms with Crippen LogP contribution in [0.1, 0.15) is 18.2 Å². The van der Waals surface area contributed by atoms with Gasteiger partial charge >= 0.3 is 0 Å². The quantitative estimate of drug-likeness (QED) is 0.578. The Hall–Kier alpha value is -1.19. The van der Waals surface area contributed by atoms with Crippen molar-refractivity contribution in [3.63, 3.8) is 0 Å². The first kappa shape index (κ1) is 14.2. The van der Waals surface area contributed by atoms with Gasteiger partial charge in [-0.3, -0.25) is 0 Å². The second kappa shape index (κ2) is 6.83. The molecule has 0 spiro atoms. The smallest absolute Gasteiger partial charge is 0.219 e. The van der Waals surface area contributed by atoms with Crippen LogP contribution in [-0.2, 0) is 12.3 Å². The van der Waals surface area contributed by atoms with E-state index in [9.17, 15) is 0 Å². The Morgan fingerprint density at radius 1 is 1.21 bits per heavy atom. The first-order valence-corrected chi connectivity index (χ1v) is 7.88. The largest absolute Gasteiger partial charge is 0.439 e. The molecule has 1 heterocycles. The van der Waals surface area contributed by atoms with Crippen molar-refractivity contribution < 1.29 is 4.74 Å². The Bertz CT molecular complexity index is 520. The molecule has 0 N–H and O–H groups in total. The zero-order valence-electron chi connectivity index (χ0n) is 11.0. The minimum Gasteiger partial charge on any atom is -0.439 e. The van der Waals surface area contributed by atoms with E-state index in [0.717, 1.165) is 23.4 Å². The molecule has 0 unspecified atom stereocenters. The van der Waals surface area contributed by atoms with E-state index in [0.29, 0.717) is 11.8 Å². The third-order valence-electron chi connectivity index (χ3n) is 2.71. The number of alkyl halides is 1. The fraction of sp³-hybridized carbons (Fsp3) is 0.267. The van der Waals surface area contributed by atoms with Crippen LogP contribution in [0, 0.1) is 0 Å². The molecule has 2 rings (SSSR count). The summed E-state index contributed by atoms with van der Waals surface area (Å²) in [4.78, 5) is 5.66. The summed E-state index contributed by atoms with van der Waals surface area (Å²) in [7, 11) is 0. The third kappa shape index (κ3) is 3.88. The molecule has 2 aromatic rings. The summed E-state index contributed by atoms with van der Waals surface area (Å²) in [5, 5.41) is 0. The van der Waals surface area contributed by atoms with Crippen LogP contribution in [0.15, 0.2) is 41.3 Å². The summed E-state index contributed by atoms with van der Waals surface area (Å²) < 4.78 is 5.78. The zero-order chi connectivity index (χ0) is 13.7. The molecule has 0 radical (unpaired) electrons. The molecule has 0 atom stereocenters. The second-order valence-corrected chi connectivity index (χ2v) is 5.22. The van der Waals surface area contributed by atoms with Crippen molar-refractivity contribution in [2.45, 2.75) is 24.1 Å². The van der Waals surface area contributed by atoms with Crippen LogP contribution < -0.4 is 4.74 Å². The van der Waals surface area contributed by atoms with Gasteiger partial charge in [0.05, 0.1) is 0 Å². The highest BCUT2D eigenvalue weighted by atomic mass is 35.5.